The van der Waals surface area contributed by atoms with Gasteiger partial charge in [-0.1, -0.05) is 18.2 Å². The van der Waals surface area contributed by atoms with Crippen LogP contribution in [0.4, 0.5) is 0 Å². The monoisotopic (exact) mass is 343 g/mol. The summed E-state index contributed by atoms with van der Waals surface area (Å²) in [6, 6.07) is 13.8. The van der Waals surface area contributed by atoms with Crippen LogP contribution in [0.25, 0.3) is 0 Å². The van der Waals surface area contributed by atoms with Crippen molar-refractivity contribution in [3.05, 3.63) is 53.6 Å². The van der Waals surface area contributed by atoms with Crippen molar-refractivity contribution >= 4 is 17.7 Å². The smallest absolute Gasteiger partial charge is 0.230 e. The van der Waals surface area contributed by atoms with E-state index >= 15 is 0 Å². The second kappa shape index (κ2) is 7.62. The maximum absolute atomic E-state index is 12.0. The topological polar surface area (TPSA) is 47.6 Å². The van der Waals surface area contributed by atoms with Gasteiger partial charge < -0.3 is 14.8 Å². The molecule has 0 aromatic heterocycles. The lowest BCUT2D eigenvalue weighted by Crippen LogP contribution is -2.41. The first-order valence-corrected chi connectivity index (χ1v) is 8.95. The molecule has 2 aromatic carbocycles. The first-order valence-electron chi connectivity index (χ1n) is 7.97. The van der Waals surface area contributed by atoms with Gasteiger partial charge in [0.05, 0.1) is 12.3 Å². The molecule has 0 bridgehead atoms. The minimum absolute atomic E-state index is 0.000636. The molecule has 0 radical (unpaired) electrons. The number of hydrogen-bond donors (Lipinski definition) is 1. The molecule has 3 rings (SSSR count). The first kappa shape index (κ1) is 16.7. The molecular formula is C19H21NO3S. The Morgan fingerprint density at radius 1 is 1.17 bits per heavy atom. The van der Waals surface area contributed by atoms with Gasteiger partial charge in [-0.05, 0) is 49.2 Å². The highest BCUT2D eigenvalue weighted by atomic mass is 32.2. The van der Waals surface area contributed by atoms with E-state index in [9.17, 15) is 4.79 Å². The normalized spacial score (nSPS) is 15.8. The summed E-state index contributed by atoms with van der Waals surface area (Å²) in [6.45, 7) is 5.06. The quantitative estimate of drug-likeness (QED) is 0.846. The maximum atomic E-state index is 12.0. The number of para-hydroxylation sites is 2. The van der Waals surface area contributed by atoms with Crippen LogP contribution < -0.4 is 14.8 Å². The summed E-state index contributed by atoms with van der Waals surface area (Å²) in [7, 11) is 0. The number of carbonyl (C=O) groups is 1. The molecule has 1 unspecified atom stereocenters. The van der Waals surface area contributed by atoms with Crippen LogP contribution >= 0.6 is 11.8 Å². The largest absolute Gasteiger partial charge is 0.486 e. The van der Waals surface area contributed by atoms with E-state index in [1.165, 1.54) is 11.1 Å². The molecule has 126 valence electrons. The Morgan fingerprint density at radius 3 is 2.75 bits per heavy atom. The highest BCUT2D eigenvalue weighted by Gasteiger charge is 2.20. The van der Waals surface area contributed by atoms with E-state index < -0.39 is 0 Å². The van der Waals surface area contributed by atoms with E-state index in [2.05, 4.69) is 37.4 Å². The summed E-state index contributed by atoms with van der Waals surface area (Å²) in [6.07, 6.45) is -0.157. The first-order chi connectivity index (χ1) is 11.6. The number of ether oxygens (including phenoxy) is 2. The number of nitrogens with one attached hydrogen (secondary N) is 1. The van der Waals surface area contributed by atoms with Crippen LogP contribution in [0.2, 0.25) is 0 Å². The molecule has 4 nitrogen and oxygen atoms in total. The number of benzene rings is 2. The summed E-state index contributed by atoms with van der Waals surface area (Å²) >= 11 is 1.54. The molecule has 1 amide bonds. The number of aryl methyl sites for hydroxylation is 2. The number of thioether (sulfide) groups is 1. The second-order valence-corrected chi connectivity index (χ2v) is 6.89. The zero-order chi connectivity index (χ0) is 16.9. The zero-order valence-corrected chi connectivity index (χ0v) is 14.7. The van der Waals surface area contributed by atoms with Gasteiger partial charge in [-0.15, -0.1) is 11.8 Å². The van der Waals surface area contributed by atoms with Crippen LogP contribution in [0.1, 0.15) is 11.1 Å². The highest BCUT2D eigenvalue weighted by molar-refractivity contribution is 8.00. The molecule has 0 saturated carbocycles. The fourth-order valence-electron chi connectivity index (χ4n) is 2.39. The third-order valence-electron chi connectivity index (χ3n) is 3.94. The van der Waals surface area contributed by atoms with Crippen molar-refractivity contribution in [2.75, 3.05) is 18.9 Å². The number of carbonyl (C=O) groups excluding carboxylic acids is 1. The molecule has 5 heteroatoms. The molecule has 24 heavy (non-hydrogen) atoms. The van der Waals surface area contributed by atoms with Crippen LogP contribution in [0.15, 0.2) is 47.4 Å². The van der Waals surface area contributed by atoms with Crippen molar-refractivity contribution in [3.8, 4) is 11.5 Å². The number of rotatable bonds is 5. The van der Waals surface area contributed by atoms with Gasteiger partial charge in [0.1, 0.15) is 12.7 Å². The van der Waals surface area contributed by atoms with Crippen LogP contribution in [0.3, 0.4) is 0 Å². The molecular weight excluding hydrogens is 322 g/mol. The molecule has 1 aliphatic rings. The summed E-state index contributed by atoms with van der Waals surface area (Å²) in [5.41, 5.74) is 2.50. The zero-order valence-electron chi connectivity index (χ0n) is 13.9. The predicted octanol–water partition coefficient (Wildman–Crippen LogP) is 3.35. The molecule has 0 fully saturated rings. The van der Waals surface area contributed by atoms with Crippen LogP contribution in [0.5, 0.6) is 11.5 Å². The molecule has 0 aliphatic carbocycles. The number of hydrogen-bond acceptors (Lipinski definition) is 4. The van der Waals surface area contributed by atoms with Crippen molar-refractivity contribution < 1.29 is 14.3 Å². The van der Waals surface area contributed by atoms with Gasteiger partial charge in [0.15, 0.2) is 11.5 Å². The molecule has 0 saturated heterocycles. The van der Waals surface area contributed by atoms with Gasteiger partial charge in [0.25, 0.3) is 0 Å². The molecule has 1 aliphatic heterocycles. The molecule has 1 heterocycles. The number of amides is 1. The van der Waals surface area contributed by atoms with Crippen molar-refractivity contribution in [1.29, 1.82) is 0 Å². The van der Waals surface area contributed by atoms with E-state index in [0.29, 0.717) is 18.9 Å². The summed E-state index contributed by atoms with van der Waals surface area (Å²) in [5, 5.41) is 2.91. The summed E-state index contributed by atoms with van der Waals surface area (Å²) in [5.74, 6) is 1.88. The lowest BCUT2D eigenvalue weighted by Gasteiger charge is -2.26. The van der Waals surface area contributed by atoms with Gasteiger partial charge >= 0.3 is 0 Å². The van der Waals surface area contributed by atoms with Crippen molar-refractivity contribution in [2.45, 2.75) is 24.8 Å². The van der Waals surface area contributed by atoms with E-state index in [0.717, 1.165) is 16.4 Å². The van der Waals surface area contributed by atoms with Crippen molar-refractivity contribution in [1.82, 2.24) is 5.32 Å². The minimum Gasteiger partial charge on any atom is -0.486 e. The Kier molecular flexibility index (Phi) is 5.30. The van der Waals surface area contributed by atoms with Gasteiger partial charge in [0, 0.05) is 4.90 Å². The second-order valence-electron chi connectivity index (χ2n) is 5.84. The lowest BCUT2D eigenvalue weighted by molar-refractivity contribution is -0.119. The van der Waals surface area contributed by atoms with Gasteiger partial charge in [0.2, 0.25) is 5.91 Å². The minimum atomic E-state index is -0.157. The Balaban J connectivity index is 1.44. The Hall–Kier alpha value is -2.14. The van der Waals surface area contributed by atoms with Gasteiger partial charge in [-0.2, -0.15) is 0 Å². The fourth-order valence-corrected chi connectivity index (χ4v) is 3.22. The third-order valence-corrected chi connectivity index (χ3v) is 4.94. The van der Waals surface area contributed by atoms with E-state index in [1.54, 1.807) is 11.8 Å². The summed E-state index contributed by atoms with van der Waals surface area (Å²) in [4.78, 5) is 13.1. The van der Waals surface area contributed by atoms with Crippen LogP contribution in [-0.2, 0) is 4.79 Å². The van der Waals surface area contributed by atoms with Gasteiger partial charge in [-0.25, -0.2) is 0 Å². The third kappa shape index (κ3) is 4.23. The Morgan fingerprint density at radius 2 is 1.96 bits per heavy atom. The molecule has 0 spiro atoms. The Bertz CT molecular complexity index is 732. The average molecular weight is 343 g/mol. The van der Waals surface area contributed by atoms with Crippen LogP contribution in [-0.4, -0.2) is 30.9 Å². The molecule has 2 aromatic rings. The van der Waals surface area contributed by atoms with E-state index in [1.807, 2.05) is 24.3 Å². The fraction of sp³-hybridized carbons (Fsp3) is 0.316. The molecule has 1 N–H and O–H groups in total. The van der Waals surface area contributed by atoms with Gasteiger partial charge in [-0.3, -0.25) is 4.79 Å². The molecule has 1 atom stereocenters. The predicted molar refractivity (Wildman–Crippen MR) is 96.0 cm³/mol. The van der Waals surface area contributed by atoms with Crippen LogP contribution in [0, 0.1) is 13.8 Å². The number of fused-ring (bicyclic) bond motifs is 1. The highest BCUT2D eigenvalue weighted by Crippen LogP contribution is 2.30. The standard InChI is InChI=1S/C19H21NO3S/c1-13-7-8-16(9-14(13)2)24-12-19(21)20-10-15-11-22-17-5-3-4-6-18(17)23-15/h3-9,15H,10-12H2,1-2H3,(H,20,21). The van der Waals surface area contributed by atoms with Crippen molar-refractivity contribution in [3.63, 3.8) is 0 Å². The summed E-state index contributed by atoms with van der Waals surface area (Å²) < 4.78 is 11.5. The van der Waals surface area contributed by atoms with E-state index in [4.69, 9.17) is 9.47 Å². The lowest BCUT2D eigenvalue weighted by atomic mass is 10.1. The Labute approximate surface area is 146 Å². The van der Waals surface area contributed by atoms with E-state index in [-0.39, 0.29) is 12.0 Å². The van der Waals surface area contributed by atoms with Crippen molar-refractivity contribution in [2.24, 2.45) is 0 Å². The average Bonchev–Trinajstić information content (AvgIpc) is 2.60. The maximum Gasteiger partial charge on any atom is 0.230 e. The SMILES string of the molecule is Cc1ccc(SCC(=O)NCC2COc3ccccc3O2)cc1C.